The third-order valence-electron chi connectivity index (χ3n) is 2.86. The minimum Gasteiger partial charge on any atom is -0.497 e. The number of hydrogen-bond acceptors (Lipinski definition) is 5. The number of thiazole rings is 1. The Morgan fingerprint density at radius 1 is 1.38 bits per heavy atom. The van der Waals surface area contributed by atoms with Crippen LogP contribution in [0.2, 0.25) is 0 Å². The summed E-state index contributed by atoms with van der Waals surface area (Å²) in [6, 6.07) is 7.50. The molecule has 1 heterocycles. The van der Waals surface area contributed by atoms with Crippen LogP contribution in [-0.2, 0) is 11.2 Å². The molecule has 1 aromatic carbocycles. The predicted octanol–water partition coefficient (Wildman–Crippen LogP) is 2.54. The highest BCUT2D eigenvalue weighted by atomic mass is 32.1. The number of nitrogens with zero attached hydrogens (tertiary/aromatic N) is 2. The summed E-state index contributed by atoms with van der Waals surface area (Å²) in [6.45, 7) is 3.76. The minimum absolute atomic E-state index is 0.173. The fraction of sp³-hybridized carbons (Fsp3) is 0.267. The van der Waals surface area contributed by atoms with Crippen molar-refractivity contribution < 1.29 is 9.53 Å². The van der Waals surface area contributed by atoms with E-state index < -0.39 is 0 Å². The van der Waals surface area contributed by atoms with Crippen molar-refractivity contribution in [3.8, 4) is 5.75 Å². The third kappa shape index (κ3) is 4.39. The van der Waals surface area contributed by atoms with E-state index in [9.17, 15) is 4.79 Å². The Labute approximate surface area is 127 Å². The lowest BCUT2D eigenvalue weighted by molar-refractivity contribution is -0.120. The number of carbonyl (C=O) groups is 1. The Kier molecular flexibility index (Phi) is 5.05. The van der Waals surface area contributed by atoms with Crippen LogP contribution >= 0.6 is 11.3 Å². The van der Waals surface area contributed by atoms with E-state index in [1.54, 1.807) is 7.11 Å². The van der Waals surface area contributed by atoms with Gasteiger partial charge in [-0.25, -0.2) is 10.4 Å². The second-order valence-electron chi connectivity index (χ2n) is 4.50. The van der Waals surface area contributed by atoms with Gasteiger partial charge in [-0.05, 0) is 43.7 Å². The molecule has 0 atom stereocenters. The van der Waals surface area contributed by atoms with Gasteiger partial charge in [0.1, 0.15) is 5.75 Å². The normalized spacial score (nSPS) is 11.3. The zero-order valence-electron chi connectivity index (χ0n) is 12.2. The third-order valence-corrected chi connectivity index (χ3v) is 3.69. The van der Waals surface area contributed by atoms with E-state index in [0.717, 1.165) is 27.7 Å². The lowest BCUT2D eigenvalue weighted by Crippen LogP contribution is -2.21. The summed E-state index contributed by atoms with van der Waals surface area (Å²) in [5, 5.41) is 6.94. The first kappa shape index (κ1) is 15.2. The highest BCUT2D eigenvalue weighted by Crippen LogP contribution is 2.12. The fourth-order valence-corrected chi connectivity index (χ4v) is 2.35. The van der Waals surface area contributed by atoms with Crippen LogP contribution in [0.1, 0.15) is 23.2 Å². The molecular formula is C15H17N3O2S. The van der Waals surface area contributed by atoms with Crippen LogP contribution < -0.4 is 10.2 Å². The van der Waals surface area contributed by atoms with E-state index in [0.29, 0.717) is 0 Å². The lowest BCUT2D eigenvalue weighted by Gasteiger charge is -2.04. The van der Waals surface area contributed by atoms with Gasteiger partial charge in [0.05, 0.1) is 29.9 Å². The average molecular weight is 303 g/mol. The molecule has 0 fully saturated rings. The zero-order chi connectivity index (χ0) is 15.2. The molecule has 5 nitrogen and oxygen atoms in total. The molecule has 0 aliphatic heterocycles. The molecular weight excluding hydrogens is 286 g/mol. The molecule has 21 heavy (non-hydrogen) atoms. The molecule has 110 valence electrons. The lowest BCUT2D eigenvalue weighted by atomic mass is 10.1. The maximum absolute atomic E-state index is 11.8. The van der Waals surface area contributed by atoms with Crippen LogP contribution in [-0.4, -0.2) is 23.7 Å². The molecule has 0 saturated heterocycles. The van der Waals surface area contributed by atoms with Crippen LogP contribution in [0.25, 0.3) is 0 Å². The van der Waals surface area contributed by atoms with E-state index >= 15 is 0 Å². The zero-order valence-corrected chi connectivity index (χ0v) is 13.0. The monoisotopic (exact) mass is 303 g/mol. The molecule has 1 aromatic heterocycles. The van der Waals surface area contributed by atoms with Crippen molar-refractivity contribution in [3.05, 3.63) is 45.9 Å². The van der Waals surface area contributed by atoms with Gasteiger partial charge in [0.25, 0.3) is 0 Å². The number of hydrogen-bond donors (Lipinski definition) is 1. The topological polar surface area (TPSA) is 63.6 Å². The van der Waals surface area contributed by atoms with Crippen molar-refractivity contribution >= 4 is 23.0 Å². The molecule has 0 unspecified atom stereocenters. The number of methoxy groups -OCH3 is 1. The molecule has 0 spiro atoms. The maximum Gasteiger partial charge on any atom is 0.246 e. The first-order chi connectivity index (χ1) is 10.1. The molecule has 0 radical (unpaired) electrons. The van der Waals surface area contributed by atoms with Crippen LogP contribution in [0.5, 0.6) is 5.75 Å². The minimum atomic E-state index is -0.173. The first-order valence-corrected chi connectivity index (χ1v) is 7.35. The molecule has 0 aliphatic carbocycles. The molecule has 0 bridgehead atoms. The van der Waals surface area contributed by atoms with E-state index in [4.69, 9.17) is 4.74 Å². The van der Waals surface area contributed by atoms with Crippen LogP contribution in [0.15, 0.2) is 34.7 Å². The van der Waals surface area contributed by atoms with Crippen LogP contribution in [0.3, 0.4) is 0 Å². The maximum atomic E-state index is 11.8. The van der Waals surface area contributed by atoms with Crippen molar-refractivity contribution in [2.24, 2.45) is 5.10 Å². The summed E-state index contributed by atoms with van der Waals surface area (Å²) >= 11 is 1.53. The highest BCUT2D eigenvalue weighted by molar-refractivity contribution is 7.09. The van der Waals surface area contributed by atoms with Crippen molar-refractivity contribution in [3.63, 3.8) is 0 Å². The van der Waals surface area contributed by atoms with Crippen LogP contribution in [0, 0.1) is 6.92 Å². The SMILES string of the molecule is COc1ccc(/C(C)=N\NC(=O)Cc2csc(C)n2)cc1. The summed E-state index contributed by atoms with van der Waals surface area (Å²) in [5.74, 6) is 0.614. The number of amides is 1. The second kappa shape index (κ2) is 6.99. The number of benzene rings is 1. The van der Waals surface area contributed by atoms with E-state index in [2.05, 4.69) is 15.5 Å². The van der Waals surface area contributed by atoms with Crippen LogP contribution in [0.4, 0.5) is 0 Å². The number of rotatable bonds is 5. The number of aryl methyl sites for hydroxylation is 1. The molecule has 2 rings (SSSR count). The summed E-state index contributed by atoms with van der Waals surface area (Å²) in [7, 11) is 1.62. The standard InChI is InChI=1S/C15H17N3O2S/c1-10(12-4-6-14(20-3)7-5-12)17-18-15(19)8-13-9-21-11(2)16-13/h4-7,9H,8H2,1-3H3,(H,18,19)/b17-10-. The Morgan fingerprint density at radius 3 is 2.67 bits per heavy atom. The smallest absolute Gasteiger partial charge is 0.246 e. The second-order valence-corrected chi connectivity index (χ2v) is 5.56. The fourth-order valence-electron chi connectivity index (χ4n) is 1.74. The van der Waals surface area contributed by atoms with E-state index in [1.807, 2.05) is 43.5 Å². The number of nitrogens with one attached hydrogen (secondary N) is 1. The quantitative estimate of drug-likeness (QED) is 0.682. The molecule has 6 heteroatoms. The highest BCUT2D eigenvalue weighted by Gasteiger charge is 2.06. The van der Waals surface area contributed by atoms with Gasteiger partial charge in [-0.3, -0.25) is 4.79 Å². The van der Waals surface area contributed by atoms with Crippen molar-refractivity contribution in [2.75, 3.05) is 7.11 Å². The summed E-state index contributed by atoms with van der Waals surface area (Å²) in [6.07, 6.45) is 0.240. The van der Waals surface area contributed by atoms with Gasteiger partial charge in [0.2, 0.25) is 5.91 Å². The van der Waals surface area contributed by atoms with Crippen molar-refractivity contribution in [1.29, 1.82) is 0 Å². The molecule has 1 N–H and O–H groups in total. The van der Waals surface area contributed by atoms with Gasteiger partial charge in [0.15, 0.2) is 0 Å². The first-order valence-electron chi connectivity index (χ1n) is 6.47. The molecule has 2 aromatic rings. The van der Waals surface area contributed by atoms with Gasteiger partial charge < -0.3 is 4.74 Å². The van der Waals surface area contributed by atoms with Crippen molar-refractivity contribution in [1.82, 2.24) is 10.4 Å². The van der Waals surface area contributed by atoms with E-state index in [1.165, 1.54) is 11.3 Å². The Morgan fingerprint density at radius 2 is 2.10 bits per heavy atom. The predicted molar refractivity (Wildman–Crippen MR) is 83.9 cm³/mol. The van der Waals surface area contributed by atoms with Gasteiger partial charge >= 0.3 is 0 Å². The molecule has 0 saturated carbocycles. The summed E-state index contributed by atoms with van der Waals surface area (Å²) in [4.78, 5) is 16.0. The Bertz CT molecular complexity index is 647. The van der Waals surface area contributed by atoms with E-state index in [-0.39, 0.29) is 12.3 Å². The van der Waals surface area contributed by atoms with Gasteiger partial charge in [0, 0.05) is 5.38 Å². The average Bonchev–Trinajstić information content (AvgIpc) is 2.90. The Hall–Kier alpha value is -2.21. The number of aromatic nitrogens is 1. The molecule has 1 amide bonds. The summed E-state index contributed by atoms with van der Waals surface area (Å²) in [5.41, 5.74) is 4.99. The van der Waals surface area contributed by atoms with Gasteiger partial charge in [-0.1, -0.05) is 0 Å². The van der Waals surface area contributed by atoms with Gasteiger partial charge in [-0.15, -0.1) is 11.3 Å². The number of ether oxygens (including phenoxy) is 1. The van der Waals surface area contributed by atoms with Crippen molar-refractivity contribution in [2.45, 2.75) is 20.3 Å². The summed E-state index contributed by atoms with van der Waals surface area (Å²) < 4.78 is 5.10. The molecule has 0 aliphatic rings. The Balaban J connectivity index is 1.94. The number of carbonyl (C=O) groups excluding carboxylic acids is 1. The number of hydrazone groups is 1. The largest absolute Gasteiger partial charge is 0.497 e. The van der Waals surface area contributed by atoms with Gasteiger partial charge in [-0.2, -0.15) is 5.10 Å².